The number of rotatable bonds is 5. The van der Waals surface area contributed by atoms with E-state index in [0.29, 0.717) is 12.5 Å². The molecule has 0 saturated heterocycles. The maximum Gasteiger partial charge on any atom is 0.131 e. The molecule has 0 amide bonds. The van der Waals surface area contributed by atoms with Gasteiger partial charge in [0.15, 0.2) is 0 Å². The Balaban J connectivity index is 1.15. The lowest BCUT2D eigenvalue weighted by Crippen LogP contribution is -2.50. The lowest BCUT2D eigenvalue weighted by atomic mass is 9.49. The topological polar surface area (TPSA) is 73.1 Å². The smallest absolute Gasteiger partial charge is 0.131 e. The number of methoxy groups -OCH3 is 1. The van der Waals surface area contributed by atoms with Gasteiger partial charge in [-0.05, 0) is 111 Å². The first kappa shape index (κ1) is 22.0. The molecule has 2 aromatic rings. The van der Waals surface area contributed by atoms with Crippen LogP contribution in [0.15, 0.2) is 18.5 Å². The fraction of sp³-hybridized carbons (Fsp3) is 0.815. The van der Waals surface area contributed by atoms with E-state index in [9.17, 15) is 5.11 Å². The number of aromatic nitrogens is 4. The van der Waals surface area contributed by atoms with E-state index in [0.717, 1.165) is 59.6 Å². The van der Waals surface area contributed by atoms with Crippen molar-refractivity contribution >= 4 is 11.0 Å². The third-order valence-electron chi connectivity index (χ3n) is 10.6. The first-order chi connectivity index (χ1) is 16.1. The van der Waals surface area contributed by atoms with Crippen LogP contribution in [0, 0.1) is 46.8 Å². The zero-order valence-electron chi connectivity index (χ0n) is 20.3. The number of pyridine rings is 1. The van der Waals surface area contributed by atoms with E-state index in [1.807, 2.05) is 13.2 Å². The number of fused-ring (bicyclic) bond motifs is 6. The highest BCUT2D eigenvalue weighted by Crippen LogP contribution is 2.65. The van der Waals surface area contributed by atoms with Gasteiger partial charge in [0.2, 0.25) is 0 Å². The molecule has 1 N–H and O–H groups in total. The molecule has 6 nitrogen and oxygen atoms in total. The minimum atomic E-state index is -0.382. The quantitative estimate of drug-likeness (QED) is 0.711. The van der Waals surface area contributed by atoms with E-state index >= 15 is 0 Å². The number of hydrogen-bond acceptors (Lipinski definition) is 5. The summed E-state index contributed by atoms with van der Waals surface area (Å²) in [6, 6.07) is 1.89. The highest BCUT2D eigenvalue weighted by Gasteiger charge is 2.58. The molecule has 0 spiro atoms. The second-order valence-electron chi connectivity index (χ2n) is 12.0. The fourth-order valence-electron chi connectivity index (χ4n) is 9.20. The van der Waals surface area contributed by atoms with Gasteiger partial charge in [-0.1, -0.05) is 6.92 Å². The lowest BCUT2D eigenvalue weighted by molar-refractivity contribution is -0.0888. The summed E-state index contributed by atoms with van der Waals surface area (Å²) < 4.78 is 5.49. The molecule has 0 bridgehead atoms. The Bertz CT molecular complexity index is 945. The van der Waals surface area contributed by atoms with Gasteiger partial charge in [-0.25, -0.2) is 0 Å². The summed E-state index contributed by atoms with van der Waals surface area (Å²) in [7, 11) is 1.86. The molecule has 4 saturated carbocycles. The Morgan fingerprint density at radius 1 is 1.06 bits per heavy atom. The van der Waals surface area contributed by atoms with Crippen LogP contribution in [-0.2, 0) is 11.3 Å². The molecule has 4 aliphatic rings. The summed E-state index contributed by atoms with van der Waals surface area (Å²) in [5.74, 6) is 5.59. The first-order valence-corrected chi connectivity index (χ1v) is 13.4. The molecule has 4 aliphatic carbocycles. The summed E-state index contributed by atoms with van der Waals surface area (Å²) in [5.41, 5.74) is 1.91. The molecule has 0 aromatic carbocycles. The maximum absolute atomic E-state index is 11.4. The molecule has 6 heteroatoms. The molecule has 9 atom stereocenters. The Hall–Kier alpha value is -1.53. The van der Waals surface area contributed by atoms with Crippen LogP contribution in [0.1, 0.15) is 64.7 Å². The molecule has 2 aromatic heterocycles. The van der Waals surface area contributed by atoms with Crippen LogP contribution in [0.5, 0.6) is 0 Å². The average Bonchev–Trinajstić information content (AvgIpc) is 3.38. The molecule has 33 heavy (non-hydrogen) atoms. The molecule has 0 radical (unpaired) electrons. The average molecular weight is 453 g/mol. The number of nitrogens with zero attached hydrogens (tertiary/aromatic N) is 4. The number of hydrogen-bond donors (Lipinski definition) is 1. The third kappa shape index (κ3) is 3.72. The van der Waals surface area contributed by atoms with Crippen LogP contribution >= 0.6 is 0 Å². The molecule has 4 fully saturated rings. The van der Waals surface area contributed by atoms with Crippen molar-refractivity contribution in [3.63, 3.8) is 0 Å². The van der Waals surface area contributed by atoms with E-state index in [-0.39, 0.29) is 11.5 Å². The summed E-state index contributed by atoms with van der Waals surface area (Å²) in [4.78, 5) is 5.84. The van der Waals surface area contributed by atoms with Crippen LogP contribution in [0.4, 0.5) is 0 Å². The number of ether oxygens (including phenoxy) is 1. The fourth-order valence-corrected chi connectivity index (χ4v) is 9.20. The molecular formula is C27H40N4O2. The lowest BCUT2D eigenvalue weighted by Gasteiger charge is -2.56. The van der Waals surface area contributed by atoms with Gasteiger partial charge in [0.25, 0.3) is 0 Å². The van der Waals surface area contributed by atoms with Crippen LogP contribution in [0.25, 0.3) is 11.0 Å². The minimum absolute atomic E-state index is 0.259. The summed E-state index contributed by atoms with van der Waals surface area (Å²) in [6.07, 6.45) is 15.2. The van der Waals surface area contributed by atoms with Gasteiger partial charge in [-0.15, -0.1) is 0 Å². The van der Waals surface area contributed by atoms with Gasteiger partial charge in [0, 0.05) is 19.9 Å². The van der Waals surface area contributed by atoms with E-state index in [1.54, 1.807) is 17.2 Å². The second-order valence-corrected chi connectivity index (χ2v) is 12.0. The zero-order valence-corrected chi connectivity index (χ0v) is 20.3. The van der Waals surface area contributed by atoms with Gasteiger partial charge in [0.05, 0.1) is 18.8 Å². The van der Waals surface area contributed by atoms with Crippen molar-refractivity contribution < 1.29 is 9.84 Å². The SMILES string of the molecule is COC[C@H]1CCC2C(CC[C@@H]3[C@@H]2CCC2(C)[C@@H](C(O)Cn4nc5ccncc5n4)CC[C@@H]32)C1. The predicted molar refractivity (Wildman–Crippen MR) is 127 cm³/mol. The van der Waals surface area contributed by atoms with E-state index in [1.165, 1.54) is 51.4 Å². The Morgan fingerprint density at radius 2 is 1.91 bits per heavy atom. The van der Waals surface area contributed by atoms with Crippen molar-refractivity contribution in [3.8, 4) is 0 Å². The maximum atomic E-state index is 11.4. The van der Waals surface area contributed by atoms with Crippen molar-refractivity contribution in [2.45, 2.75) is 77.4 Å². The van der Waals surface area contributed by atoms with E-state index in [4.69, 9.17) is 4.74 Å². The summed E-state index contributed by atoms with van der Waals surface area (Å²) in [5, 5.41) is 20.5. The highest BCUT2D eigenvalue weighted by molar-refractivity contribution is 5.71. The molecule has 180 valence electrons. The van der Waals surface area contributed by atoms with E-state index in [2.05, 4.69) is 22.1 Å². The van der Waals surface area contributed by atoms with Crippen molar-refractivity contribution in [2.75, 3.05) is 13.7 Å². The van der Waals surface area contributed by atoms with Crippen molar-refractivity contribution in [3.05, 3.63) is 18.5 Å². The van der Waals surface area contributed by atoms with Crippen LogP contribution < -0.4 is 0 Å². The van der Waals surface area contributed by atoms with Crippen LogP contribution in [-0.4, -0.2) is 44.9 Å². The van der Waals surface area contributed by atoms with E-state index < -0.39 is 0 Å². The van der Waals surface area contributed by atoms with Crippen LogP contribution in [0.2, 0.25) is 0 Å². The summed E-state index contributed by atoms with van der Waals surface area (Å²) in [6.45, 7) is 3.95. The molecular weight excluding hydrogens is 412 g/mol. The molecule has 2 heterocycles. The highest BCUT2D eigenvalue weighted by atomic mass is 16.5. The van der Waals surface area contributed by atoms with Crippen molar-refractivity contribution in [2.24, 2.45) is 46.8 Å². The Kier molecular flexibility index (Phi) is 5.72. The minimum Gasteiger partial charge on any atom is -0.391 e. The molecule has 4 unspecified atom stereocenters. The normalized spacial score (nSPS) is 41.4. The van der Waals surface area contributed by atoms with Gasteiger partial charge in [-0.3, -0.25) is 4.98 Å². The van der Waals surface area contributed by atoms with Gasteiger partial charge in [-0.2, -0.15) is 15.0 Å². The zero-order chi connectivity index (χ0) is 22.6. The number of aliphatic hydroxyl groups excluding tert-OH is 1. The van der Waals surface area contributed by atoms with Gasteiger partial charge < -0.3 is 9.84 Å². The second kappa shape index (κ2) is 8.60. The van der Waals surface area contributed by atoms with Crippen molar-refractivity contribution in [1.29, 1.82) is 0 Å². The molecule has 6 rings (SSSR count). The largest absolute Gasteiger partial charge is 0.391 e. The summed E-state index contributed by atoms with van der Waals surface area (Å²) >= 11 is 0. The first-order valence-electron chi connectivity index (χ1n) is 13.4. The van der Waals surface area contributed by atoms with Crippen LogP contribution in [0.3, 0.4) is 0 Å². The third-order valence-corrected chi connectivity index (χ3v) is 10.6. The Morgan fingerprint density at radius 3 is 2.76 bits per heavy atom. The molecule has 0 aliphatic heterocycles. The van der Waals surface area contributed by atoms with Crippen molar-refractivity contribution in [1.82, 2.24) is 20.0 Å². The standard InChI is InChI=1S/C27H40N4O2/c1-27-11-9-20-19-5-3-17(16-33-2)13-18(19)4-6-21(20)22(27)7-8-23(27)26(32)15-31-29-24-10-12-28-14-25(24)30-31/h10,12,14,17-23,26,32H,3-9,11,13,15-16H2,1-2H3/t17-,18?,19?,20+,21+,22-,23+,26?,27?/m0/s1. The number of aliphatic hydroxyl groups is 1. The van der Waals surface area contributed by atoms with Gasteiger partial charge in [0.1, 0.15) is 11.0 Å². The monoisotopic (exact) mass is 452 g/mol. The Labute approximate surface area is 197 Å². The predicted octanol–water partition coefficient (Wildman–Crippen LogP) is 4.72. The van der Waals surface area contributed by atoms with Gasteiger partial charge >= 0.3 is 0 Å².